The second kappa shape index (κ2) is 7.34. The molecule has 1 heterocycles. The van der Waals surface area contributed by atoms with Crippen LogP contribution < -0.4 is 5.32 Å². The van der Waals surface area contributed by atoms with Gasteiger partial charge in [-0.05, 0) is 35.1 Å². The van der Waals surface area contributed by atoms with Gasteiger partial charge in [-0.15, -0.1) is 0 Å². The Morgan fingerprint density at radius 1 is 1.00 bits per heavy atom. The SMILES string of the molecule is O=C(NC1(CC(=O)N2CC(O)(C(=O)O)C2)CC1)OCC1c2ccccc2-c2ccccc21. The molecule has 8 heteroatoms. The van der Waals surface area contributed by atoms with E-state index in [1.54, 1.807) is 0 Å². The Bertz CT molecular complexity index is 1060. The number of benzene rings is 2. The van der Waals surface area contributed by atoms with Gasteiger partial charge in [0.05, 0.1) is 25.0 Å². The lowest BCUT2D eigenvalue weighted by Crippen LogP contribution is -2.67. The fraction of sp³-hybridized carbons (Fsp3) is 0.375. The van der Waals surface area contributed by atoms with Gasteiger partial charge in [-0.25, -0.2) is 9.59 Å². The monoisotopic (exact) mass is 436 g/mol. The highest BCUT2D eigenvalue weighted by Crippen LogP contribution is 2.45. The molecule has 166 valence electrons. The number of alkyl carbamates (subject to hydrolysis) is 1. The molecule has 3 aliphatic rings. The lowest BCUT2D eigenvalue weighted by atomic mass is 9.93. The maximum atomic E-state index is 12.5. The van der Waals surface area contributed by atoms with Gasteiger partial charge in [-0.1, -0.05) is 48.5 Å². The Morgan fingerprint density at radius 3 is 2.09 bits per heavy atom. The highest BCUT2D eigenvalue weighted by Gasteiger charge is 2.53. The van der Waals surface area contributed by atoms with Gasteiger partial charge in [-0.3, -0.25) is 4.79 Å². The number of ether oxygens (including phenoxy) is 1. The molecule has 1 aliphatic heterocycles. The molecule has 1 saturated heterocycles. The van der Waals surface area contributed by atoms with E-state index in [4.69, 9.17) is 9.84 Å². The standard InChI is InChI=1S/C24H24N2O6/c27-20(26-13-24(31,14-26)21(28)29)11-23(9-10-23)25-22(30)32-12-19-17-7-3-1-5-15(17)16-6-2-4-8-18(16)19/h1-8,19,31H,9-14H2,(H,25,30)(H,28,29). The summed E-state index contributed by atoms with van der Waals surface area (Å²) in [6.45, 7) is -0.272. The summed E-state index contributed by atoms with van der Waals surface area (Å²) < 4.78 is 5.57. The highest BCUT2D eigenvalue weighted by molar-refractivity contribution is 5.86. The number of likely N-dealkylation sites (tertiary alicyclic amines) is 1. The van der Waals surface area contributed by atoms with Gasteiger partial charge in [-0.2, -0.15) is 0 Å². The van der Waals surface area contributed by atoms with Crippen molar-refractivity contribution in [3.05, 3.63) is 59.7 Å². The summed E-state index contributed by atoms with van der Waals surface area (Å²) in [7, 11) is 0. The van der Waals surface area contributed by atoms with Crippen LogP contribution in [0.4, 0.5) is 4.79 Å². The molecule has 2 aromatic rings. The number of fused-ring (bicyclic) bond motifs is 3. The topological polar surface area (TPSA) is 116 Å². The molecule has 2 aromatic carbocycles. The van der Waals surface area contributed by atoms with Crippen LogP contribution in [0.15, 0.2) is 48.5 Å². The summed E-state index contributed by atoms with van der Waals surface area (Å²) >= 11 is 0. The predicted molar refractivity (Wildman–Crippen MR) is 114 cm³/mol. The third kappa shape index (κ3) is 3.50. The number of β-amino-alcohol motifs (C(OH)–C–C–N with tert-alkyl or cyclic N) is 1. The number of amides is 2. The number of hydrogen-bond donors (Lipinski definition) is 3. The van der Waals surface area contributed by atoms with Crippen molar-refractivity contribution in [3.63, 3.8) is 0 Å². The van der Waals surface area contributed by atoms with Crippen LogP contribution >= 0.6 is 0 Å². The van der Waals surface area contributed by atoms with Crippen molar-refractivity contribution in [2.45, 2.75) is 36.3 Å². The predicted octanol–water partition coefficient (Wildman–Crippen LogP) is 2.11. The van der Waals surface area contributed by atoms with E-state index in [-0.39, 0.29) is 37.9 Å². The molecule has 32 heavy (non-hydrogen) atoms. The van der Waals surface area contributed by atoms with E-state index in [0.717, 1.165) is 22.3 Å². The number of carbonyl (C=O) groups excluding carboxylic acids is 2. The molecule has 5 rings (SSSR count). The van der Waals surface area contributed by atoms with E-state index in [2.05, 4.69) is 17.4 Å². The zero-order valence-electron chi connectivity index (χ0n) is 17.4. The van der Waals surface area contributed by atoms with Crippen molar-refractivity contribution in [1.29, 1.82) is 0 Å². The molecule has 0 bridgehead atoms. The van der Waals surface area contributed by atoms with Crippen molar-refractivity contribution in [2.75, 3.05) is 19.7 Å². The Labute approximate surface area is 184 Å². The third-order valence-electron chi connectivity index (χ3n) is 6.71. The number of nitrogens with one attached hydrogen (secondary N) is 1. The Hall–Kier alpha value is -3.39. The fourth-order valence-corrected chi connectivity index (χ4v) is 4.65. The van der Waals surface area contributed by atoms with E-state index < -0.39 is 23.2 Å². The molecule has 0 aromatic heterocycles. The third-order valence-corrected chi connectivity index (χ3v) is 6.71. The Kier molecular flexibility index (Phi) is 4.70. The molecule has 1 saturated carbocycles. The quantitative estimate of drug-likeness (QED) is 0.639. The first-order valence-corrected chi connectivity index (χ1v) is 10.7. The Morgan fingerprint density at radius 2 is 1.56 bits per heavy atom. The van der Waals surface area contributed by atoms with Crippen LogP contribution in [0.2, 0.25) is 0 Å². The maximum Gasteiger partial charge on any atom is 0.407 e. The van der Waals surface area contributed by atoms with Gasteiger partial charge < -0.3 is 25.2 Å². The van der Waals surface area contributed by atoms with Gasteiger partial charge in [0.25, 0.3) is 0 Å². The van der Waals surface area contributed by atoms with Gasteiger partial charge in [0.2, 0.25) is 5.91 Å². The van der Waals surface area contributed by atoms with Gasteiger partial charge in [0.1, 0.15) is 6.61 Å². The van der Waals surface area contributed by atoms with Crippen LogP contribution in [0, 0.1) is 0 Å². The number of rotatable bonds is 6. The van der Waals surface area contributed by atoms with Crippen LogP contribution in [-0.4, -0.2) is 63.9 Å². The van der Waals surface area contributed by atoms with Gasteiger partial charge in [0, 0.05) is 5.92 Å². The molecule has 0 spiro atoms. The lowest BCUT2D eigenvalue weighted by molar-refractivity contribution is -0.182. The van der Waals surface area contributed by atoms with Crippen molar-refractivity contribution in [1.82, 2.24) is 10.2 Å². The normalized spacial score (nSPS) is 19.3. The number of carbonyl (C=O) groups is 3. The van der Waals surface area contributed by atoms with E-state index in [0.29, 0.717) is 12.8 Å². The first-order chi connectivity index (χ1) is 15.3. The first kappa shape index (κ1) is 20.5. The number of carboxylic acids is 1. The van der Waals surface area contributed by atoms with E-state index in [1.807, 2.05) is 36.4 Å². The second-order valence-corrected chi connectivity index (χ2v) is 8.99. The summed E-state index contributed by atoms with van der Waals surface area (Å²) in [5.74, 6) is -1.66. The van der Waals surface area contributed by atoms with Crippen LogP contribution in [0.1, 0.15) is 36.3 Å². The first-order valence-electron chi connectivity index (χ1n) is 10.7. The largest absolute Gasteiger partial charge is 0.479 e. The van der Waals surface area contributed by atoms with E-state index >= 15 is 0 Å². The number of carboxylic acid groups (broad SMARTS) is 1. The number of aliphatic hydroxyl groups is 1. The average molecular weight is 436 g/mol. The second-order valence-electron chi connectivity index (χ2n) is 8.99. The maximum absolute atomic E-state index is 12.5. The van der Waals surface area contributed by atoms with Crippen molar-refractivity contribution < 1.29 is 29.3 Å². The van der Waals surface area contributed by atoms with E-state index in [9.17, 15) is 19.5 Å². The highest BCUT2D eigenvalue weighted by atomic mass is 16.5. The molecule has 0 atom stereocenters. The molecule has 2 aliphatic carbocycles. The fourth-order valence-electron chi connectivity index (χ4n) is 4.65. The summed E-state index contributed by atoms with van der Waals surface area (Å²) in [6.07, 6.45) is 0.801. The zero-order chi connectivity index (χ0) is 22.5. The molecule has 0 unspecified atom stereocenters. The molecule has 0 radical (unpaired) electrons. The summed E-state index contributed by atoms with van der Waals surface area (Å²) in [4.78, 5) is 37.3. The van der Waals surface area contributed by atoms with Crippen LogP contribution in [-0.2, 0) is 14.3 Å². The molecule has 2 fully saturated rings. The lowest BCUT2D eigenvalue weighted by Gasteiger charge is -2.43. The summed E-state index contributed by atoms with van der Waals surface area (Å²) in [5, 5.41) is 21.6. The molecule has 2 amide bonds. The molecular formula is C24H24N2O6. The summed E-state index contributed by atoms with van der Waals surface area (Å²) in [6, 6.07) is 16.2. The molecular weight excluding hydrogens is 412 g/mol. The van der Waals surface area contributed by atoms with Crippen molar-refractivity contribution in [2.24, 2.45) is 0 Å². The summed E-state index contributed by atoms with van der Waals surface area (Å²) in [5.41, 5.74) is 2.03. The van der Waals surface area contributed by atoms with E-state index in [1.165, 1.54) is 4.90 Å². The van der Waals surface area contributed by atoms with Crippen molar-refractivity contribution >= 4 is 18.0 Å². The average Bonchev–Trinajstić information content (AvgIpc) is 3.42. The molecule has 8 nitrogen and oxygen atoms in total. The minimum atomic E-state index is -1.87. The smallest absolute Gasteiger partial charge is 0.407 e. The number of nitrogens with zero attached hydrogens (tertiary/aromatic N) is 1. The number of aliphatic carboxylic acids is 1. The zero-order valence-corrected chi connectivity index (χ0v) is 17.4. The number of hydrogen-bond acceptors (Lipinski definition) is 5. The van der Waals surface area contributed by atoms with Gasteiger partial charge >= 0.3 is 12.1 Å². The van der Waals surface area contributed by atoms with Gasteiger partial charge in [0.15, 0.2) is 5.60 Å². The van der Waals surface area contributed by atoms with Crippen molar-refractivity contribution in [3.8, 4) is 11.1 Å². The molecule has 3 N–H and O–H groups in total. The minimum absolute atomic E-state index is 0.0419. The Balaban J connectivity index is 1.17. The van der Waals surface area contributed by atoms with Crippen LogP contribution in [0.25, 0.3) is 11.1 Å². The minimum Gasteiger partial charge on any atom is -0.479 e. The van der Waals surface area contributed by atoms with Crippen LogP contribution in [0.3, 0.4) is 0 Å². The van der Waals surface area contributed by atoms with Crippen LogP contribution in [0.5, 0.6) is 0 Å².